The van der Waals surface area contributed by atoms with E-state index >= 15 is 0 Å². The number of methoxy groups -OCH3 is 1. The molecule has 1 N–H and O–H groups in total. The van der Waals surface area contributed by atoms with Gasteiger partial charge in [-0.25, -0.2) is 4.68 Å². The van der Waals surface area contributed by atoms with Crippen LogP contribution in [0.1, 0.15) is 17.2 Å². The van der Waals surface area contributed by atoms with Gasteiger partial charge < -0.3 is 14.8 Å². The first kappa shape index (κ1) is 18.4. The topological polar surface area (TPSA) is 61.2 Å². The monoisotopic (exact) mass is 448 g/mol. The van der Waals surface area contributed by atoms with E-state index in [0.717, 1.165) is 21.5 Å². The Bertz CT molecular complexity index is 1020. The number of hydrogen-bond acceptors (Lipinski definition) is 5. The summed E-state index contributed by atoms with van der Waals surface area (Å²) in [6, 6.07) is 11.9. The zero-order valence-electron chi connectivity index (χ0n) is 14.6. The van der Waals surface area contributed by atoms with Crippen molar-refractivity contribution in [1.82, 2.24) is 14.8 Å². The van der Waals surface area contributed by atoms with Crippen molar-refractivity contribution in [2.75, 3.05) is 12.4 Å². The number of nitrogens with zero attached hydrogens (tertiary/aromatic N) is 3. The van der Waals surface area contributed by atoms with Crippen LogP contribution in [0.5, 0.6) is 11.5 Å². The van der Waals surface area contributed by atoms with Gasteiger partial charge >= 0.3 is 6.61 Å². The van der Waals surface area contributed by atoms with E-state index in [2.05, 4.69) is 31.3 Å². The molecule has 3 aromatic rings. The van der Waals surface area contributed by atoms with E-state index in [9.17, 15) is 8.78 Å². The molecule has 0 saturated heterocycles. The average Bonchev–Trinajstić information content (AvgIpc) is 3.17. The Morgan fingerprint density at radius 3 is 2.68 bits per heavy atom. The van der Waals surface area contributed by atoms with Crippen molar-refractivity contribution in [2.24, 2.45) is 0 Å². The maximum absolute atomic E-state index is 12.9. The van der Waals surface area contributed by atoms with Gasteiger partial charge in [0.25, 0.3) is 0 Å². The molecule has 6 nitrogen and oxygen atoms in total. The van der Waals surface area contributed by atoms with Gasteiger partial charge in [0.1, 0.15) is 23.9 Å². The predicted octanol–water partition coefficient (Wildman–Crippen LogP) is 4.71. The van der Waals surface area contributed by atoms with E-state index in [0.29, 0.717) is 11.5 Å². The van der Waals surface area contributed by atoms with E-state index < -0.39 is 12.7 Å². The number of aromatic nitrogens is 3. The number of fused-ring (bicyclic) bond motifs is 1. The number of halogens is 3. The lowest BCUT2D eigenvalue weighted by molar-refractivity contribution is -0.0506. The third kappa shape index (κ3) is 3.57. The van der Waals surface area contributed by atoms with Crippen LogP contribution in [-0.4, -0.2) is 28.5 Å². The molecule has 0 bridgehead atoms. The average molecular weight is 449 g/mol. The summed E-state index contributed by atoms with van der Waals surface area (Å²) >= 11 is 3.40. The Morgan fingerprint density at radius 2 is 1.96 bits per heavy atom. The fourth-order valence-corrected chi connectivity index (χ4v) is 3.43. The van der Waals surface area contributed by atoms with Gasteiger partial charge in [0, 0.05) is 15.7 Å². The molecule has 0 aliphatic carbocycles. The van der Waals surface area contributed by atoms with Crippen LogP contribution in [-0.2, 0) is 0 Å². The summed E-state index contributed by atoms with van der Waals surface area (Å²) in [4.78, 5) is 4.23. The second-order valence-electron chi connectivity index (χ2n) is 5.97. The first-order valence-electron chi connectivity index (χ1n) is 8.32. The van der Waals surface area contributed by atoms with Crippen LogP contribution in [0, 0.1) is 0 Å². The summed E-state index contributed by atoms with van der Waals surface area (Å²) in [6.45, 7) is -2.93. The summed E-state index contributed by atoms with van der Waals surface area (Å²) < 4.78 is 38.1. The van der Waals surface area contributed by atoms with Gasteiger partial charge in [-0.3, -0.25) is 0 Å². The number of hydrogen-bond donors (Lipinski definition) is 1. The van der Waals surface area contributed by atoms with Crippen molar-refractivity contribution < 1.29 is 18.3 Å². The highest BCUT2D eigenvalue weighted by atomic mass is 79.9. The molecule has 2 aromatic carbocycles. The first-order valence-corrected chi connectivity index (χ1v) is 9.11. The number of benzene rings is 2. The second-order valence-corrected chi connectivity index (χ2v) is 6.88. The molecule has 1 aliphatic heterocycles. The van der Waals surface area contributed by atoms with Gasteiger partial charge in [-0.1, -0.05) is 15.9 Å². The molecule has 1 atom stereocenters. The largest absolute Gasteiger partial charge is 0.497 e. The first-order chi connectivity index (χ1) is 13.5. The SMILES string of the molecule is COc1ccc(C2=C[C@@H](c3cc(Br)ccc3OC(F)F)n3ncnc3N2)cc1. The van der Waals surface area contributed by atoms with Crippen molar-refractivity contribution in [3.05, 3.63) is 70.5 Å². The van der Waals surface area contributed by atoms with Crippen molar-refractivity contribution in [3.8, 4) is 11.5 Å². The number of nitrogens with one attached hydrogen (secondary N) is 1. The highest BCUT2D eigenvalue weighted by Crippen LogP contribution is 2.38. The Hall–Kier alpha value is -2.94. The molecule has 0 radical (unpaired) electrons. The molecule has 144 valence electrons. The molecular weight excluding hydrogens is 434 g/mol. The Kier molecular flexibility index (Phi) is 4.99. The molecule has 0 fully saturated rings. The van der Waals surface area contributed by atoms with E-state index in [1.807, 2.05) is 30.3 Å². The number of alkyl halides is 2. The van der Waals surface area contributed by atoms with Crippen molar-refractivity contribution >= 4 is 27.6 Å². The fourth-order valence-electron chi connectivity index (χ4n) is 3.05. The summed E-state index contributed by atoms with van der Waals surface area (Å²) in [7, 11) is 1.60. The normalized spacial score (nSPS) is 15.6. The molecule has 9 heteroatoms. The minimum Gasteiger partial charge on any atom is -0.497 e. The summed E-state index contributed by atoms with van der Waals surface area (Å²) in [5, 5.41) is 7.45. The molecule has 28 heavy (non-hydrogen) atoms. The smallest absolute Gasteiger partial charge is 0.387 e. The third-order valence-corrected chi connectivity index (χ3v) is 4.81. The molecular formula is C19H15BrF2N4O2. The van der Waals surface area contributed by atoms with E-state index in [1.54, 1.807) is 23.9 Å². The number of rotatable bonds is 5. The third-order valence-electron chi connectivity index (χ3n) is 4.32. The van der Waals surface area contributed by atoms with E-state index in [4.69, 9.17) is 9.47 Å². The zero-order chi connectivity index (χ0) is 19.7. The van der Waals surface area contributed by atoms with Gasteiger partial charge in [-0.2, -0.15) is 18.9 Å². The van der Waals surface area contributed by atoms with Crippen molar-refractivity contribution in [3.63, 3.8) is 0 Å². The standard InChI is InChI=1S/C19H15BrF2N4O2/c1-27-13-5-2-11(3-6-13)15-9-16(26-19(25-15)23-10-24-26)14-8-12(20)4-7-17(14)28-18(21)22/h2-10,16,18H,1H3,(H,23,24,25)/t16-/m0/s1. The summed E-state index contributed by atoms with van der Waals surface area (Å²) in [6.07, 6.45) is 3.30. The number of ether oxygens (including phenoxy) is 2. The Labute approximate surface area is 167 Å². The molecule has 0 amide bonds. The van der Waals surface area contributed by atoms with Crippen LogP contribution in [0.4, 0.5) is 14.7 Å². The van der Waals surface area contributed by atoms with Gasteiger partial charge in [0.2, 0.25) is 5.95 Å². The lowest BCUT2D eigenvalue weighted by Gasteiger charge is -2.26. The summed E-state index contributed by atoms with van der Waals surface area (Å²) in [5.41, 5.74) is 2.21. The highest BCUT2D eigenvalue weighted by molar-refractivity contribution is 9.10. The van der Waals surface area contributed by atoms with Crippen LogP contribution >= 0.6 is 15.9 Å². The van der Waals surface area contributed by atoms with Crippen molar-refractivity contribution in [1.29, 1.82) is 0 Å². The van der Waals surface area contributed by atoms with Gasteiger partial charge in [0.15, 0.2) is 0 Å². The van der Waals surface area contributed by atoms with Gasteiger partial charge in [-0.05, 0) is 54.1 Å². The molecule has 1 aromatic heterocycles. The minimum atomic E-state index is -2.93. The number of allylic oxidation sites excluding steroid dienone is 1. The van der Waals surface area contributed by atoms with Crippen LogP contribution in [0.3, 0.4) is 0 Å². The Balaban J connectivity index is 1.81. The second kappa shape index (κ2) is 7.59. The molecule has 0 spiro atoms. The van der Waals surface area contributed by atoms with Gasteiger partial charge in [-0.15, -0.1) is 0 Å². The lowest BCUT2D eigenvalue weighted by atomic mass is 10.0. The zero-order valence-corrected chi connectivity index (χ0v) is 16.2. The predicted molar refractivity (Wildman–Crippen MR) is 104 cm³/mol. The van der Waals surface area contributed by atoms with Crippen LogP contribution in [0.2, 0.25) is 0 Å². The maximum atomic E-state index is 12.9. The van der Waals surface area contributed by atoms with Crippen molar-refractivity contribution in [2.45, 2.75) is 12.7 Å². The maximum Gasteiger partial charge on any atom is 0.387 e. The molecule has 0 saturated carbocycles. The fraction of sp³-hybridized carbons (Fsp3) is 0.158. The van der Waals surface area contributed by atoms with Crippen LogP contribution < -0.4 is 14.8 Å². The molecule has 2 heterocycles. The summed E-state index contributed by atoms with van der Waals surface area (Å²) in [5.74, 6) is 1.32. The van der Waals surface area contributed by atoms with E-state index in [-0.39, 0.29) is 5.75 Å². The number of anilines is 1. The highest BCUT2D eigenvalue weighted by Gasteiger charge is 2.27. The molecule has 1 aliphatic rings. The molecule has 0 unspecified atom stereocenters. The lowest BCUT2D eigenvalue weighted by Crippen LogP contribution is -2.21. The molecule has 4 rings (SSSR count). The van der Waals surface area contributed by atoms with Gasteiger partial charge in [0.05, 0.1) is 7.11 Å². The van der Waals surface area contributed by atoms with Crippen LogP contribution in [0.25, 0.3) is 5.70 Å². The quantitative estimate of drug-likeness (QED) is 0.612. The van der Waals surface area contributed by atoms with E-state index in [1.165, 1.54) is 12.4 Å². The Morgan fingerprint density at radius 1 is 1.18 bits per heavy atom. The van der Waals surface area contributed by atoms with Crippen LogP contribution in [0.15, 0.2) is 59.3 Å². The minimum absolute atomic E-state index is 0.0804.